The molecule has 0 saturated heterocycles. The van der Waals surface area contributed by atoms with Crippen LogP contribution in [0.2, 0.25) is 0 Å². The summed E-state index contributed by atoms with van der Waals surface area (Å²) in [6.45, 7) is 1.93. The van der Waals surface area contributed by atoms with Crippen molar-refractivity contribution in [2.45, 2.75) is 32.2 Å². The Balaban J connectivity index is 4.29. The molecule has 0 bridgehead atoms. The number of carboxylic acid groups (broad SMARTS) is 1. The number of hydrogen-bond donors (Lipinski definition) is 2. The van der Waals surface area contributed by atoms with E-state index in [0.717, 1.165) is 12.8 Å². The highest BCUT2D eigenvalue weighted by Crippen LogP contribution is 2.00. The second kappa shape index (κ2) is 6.80. The van der Waals surface area contributed by atoms with E-state index >= 15 is 0 Å². The molecule has 0 spiro atoms. The number of unbranched alkanes of at least 4 members (excludes halogenated alkanes) is 1. The normalized spacial score (nSPS) is 11.2. The van der Waals surface area contributed by atoms with Crippen LogP contribution in [-0.4, -0.2) is 34.0 Å². The summed E-state index contributed by atoms with van der Waals surface area (Å²) < 4.78 is 0. The zero-order valence-electron chi connectivity index (χ0n) is 7.93. The van der Waals surface area contributed by atoms with E-state index in [1.807, 2.05) is 6.92 Å². The molecule has 6 heteroatoms. The minimum atomic E-state index is -1.26. The monoisotopic (exact) mass is 199 g/mol. The number of nitrogens with one attached hydrogen (secondary N) is 1. The molecular weight excluding hydrogens is 186 g/mol. The zero-order valence-corrected chi connectivity index (χ0v) is 7.93. The van der Waals surface area contributed by atoms with Crippen molar-refractivity contribution in [3.05, 3.63) is 5.53 Å². The van der Waals surface area contributed by atoms with Crippen molar-refractivity contribution in [2.75, 3.05) is 0 Å². The molecular formula is C8H13N3O3. The fourth-order valence-corrected chi connectivity index (χ4v) is 0.990. The van der Waals surface area contributed by atoms with Crippen molar-refractivity contribution in [1.29, 1.82) is 0 Å². The van der Waals surface area contributed by atoms with Gasteiger partial charge in [-0.15, -0.1) is 0 Å². The molecule has 2 N–H and O–H groups in total. The van der Waals surface area contributed by atoms with Crippen molar-refractivity contribution in [2.24, 2.45) is 0 Å². The van der Waals surface area contributed by atoms with Gasteiger partial charge in [-0.2, -0.15) is 4.79 Å². The lowest BCUT2D eigenvalue weighted by Crippen LogP contribution is -2.40. The van der Waals surface area contributed by atoms with Gasteiger partial charge in [0.05, 0.1) is 0 Å². The van der Waals surface area contributed by atoms with Crippen LogP contribution < -0.4 is 5.32 Å². The topological polar surface area (TPSA) is 103 Å². The molecule has 0 saturated carbocycles. The highest BCUT2D eigenvalue weighted by Gasteiger charge is 2.20. The van der Waals surface area contributed by atoms with E-state index in [0.29, 0.717) is 12.6 Å². The van der Waals surface area contributed by atoms with E-state index < -0.39 is 17.9 Å². The molecule has 0 aliphatic carbocycles. The van der Waals surface area contributed by atoms with Crippen LogP contribution in [0.3, 0.4) is 0 Å². The predicted molar refractivity (Wildman–Crippen MR) is 49.2 cm³/mol. The molecule has 78 valence electrons. The van der Waals surface area contributed by atoms with Crippen LogP contribution in [0.15, 0.2) is 0 Å². The van der Waals surface area contributed by atoms with Crippen molar-refractivity contribution >= 4 is 18.1 Å². The minimum Gasteiger partial charge on any atom is -0.465 e. The van der Waals surface area contributed by atoms with Crippen molar-refractivity contribution < 1.29 is 19.5 Å². The minimum absolute atomic E-state index is 0.410. The van der Waals surface area contributed by atoms with Gasteiger partial charge in [0, 0.05) is 0 Å². The molecule has 0 aliphatic heterocycles. The standard InChI is InChI=1S/C8H13N3O3/c1-2-3-4-6(11-8(13)14)7(12)5-10-9/h5-6,11H,2-4H2,1H3,(H,13,14). The highest BCUT2D eigenvalue weighted by atomic mass is 16.4. The number of carbonyl (C=O) groups is 2. The third-order valence-electron chi connectivity index (χ3n) is 1.67. The van der Waals surface area contributed by atoms with Crippen LogP contribution in [0.4, 0.5) is 4.79 Å². The third-order valence-corrected chi connectivity index (χ3v) is 1.67. The summed E-state index contributed by atoms with van der Waals surface area (Å²) in [5.74, 6) is -0.539. The Morgan fingerprint density at radius 2 is 2.29 bits per heavy atom. The first-order valence-corrected chi connectivity index (χ1v) is 4.32. The van der Waals surface area contributed by atoms with Crippen LogP contribution in [-0.2, 0) is 4.79 Å². The highest BCUT2D eigenvalue weighted by molar-refractivity contribution is 6.28. The van der Waals surface area contributed by atoms with Gasteiger partial charge in [-0.25, -0.2) is 4.79 Å². The van der Waals surface area contributed by atoms with Gasteiger partial charge in [0.1, 0.15) is 6.04 Å². The van der Waals surface area contributed by atoms with Gasteiger partial charge in [-0.3, -0.25) is 4.79 Å². The summed E-state index contributed by atoms with van der Waals surface area (Å²) in [5, 5.41) is 10.5. The Morgan fingerprint density at radius 1 is 1.64 bits per heavy atom. The molecule has 0 aromatic heterocycles. The predicted octanol–water partition coefficient (Wildman–Crippen LogP) is 0.682. The Labute approximate surface area is 81.5 Å². The first-order valence-electron chi connectivity index (χ1n) is 4.32. The fraction of sp³-hybridized carbons (Fsp3) is 0.625. The molecule has 0 aliphatic rings. The maximum absolute atomic E-state index is 11.1. The summed E-state index contributed by atoms with van der Waals surface area (Å²) >= 11 is 0. The fourth-order valence-electron chi connectivity index (χ4n) is 0.990. The molecule has 0 heterocycles. The summed E-state index contributed by atoms with van der Waals surface area (Å²) in [5.41, 5.74) is 8.12. The van der Waals surface area contributed by atoms with Crippen molar-refractivity contribution in [3.8, 4) is 0 Å². The maximum Gasteiger partial charge on any atom is 0.405 e. The SMILES string of the molecule is CCCCC(NC(=O)O)C(=O)C=[N+]=[N-]. The van der Waals surface area contributed by atoms with Crippen LogP contribution in [0.5, 0.6) is 0 Å². The Hall–Kier alpha value is -1.68. The summed E-state index contributed by atoms with van der Waals surface area (Å²) in [6, 6.07) is -0.816. The maximum atomic E-state index is 11.1. The van der Waals surface area contributed by atoms with E-state index in [-0.39, 0.29) is 0 Å². The van der Waals surface area contributed by atoms with Crippen LogP contribution in [0.1, 0.15) is 26.2 Å². The van der Waals surface area contributed by atoms with E-state index in [1.165, 1.54) is 0 Å². The van der Waals surface area contributed by atoms with Crippen LogP contribution in [0.25, 0.3) is 5.53 Å². The largest absolute Gasteiger partial charge is 0.465 e. The van der Waals surface area contributed by atoms with E-state index in [4.69, 9.17) is 10.6 Å². The van der Waals surface area contributed by atoms with E-state index in [2.05, 4.69) is 10.1 Å². The first kappa shape index (κ1) is 12.3. The molecule has 0 aromatic rings. The molecule has 1 amide bonds. The van der Waals surface area contributed by atoms with Crippen LogP contribution >= 0.6 is 0 Å². The van der Waals surface area contributed by atoms with Gasteiger partial charge < -0.3 is 16.0 Å². The zero-order chi connectivity index (χ0) is 11.0. The lowest BCUT2D eigenvalue weighted by molar-refractivity contribution is -0.118. The van der Waals surface area contributed by atoms with Crippen molar-refractivity contribution in [3.63, 3.8) is 0 Å². The molecule has 1 atom stereocenters. The molecule has 0 radical (unpaired) electrons. The van der Waals surface area contributed by atoms with Crippen molar-refractivity contribution in [1.82, 2.24) is 5.32 Å². The van der Waals surface area contributed by atoms with Gasteiger partial charge in [-0.05, 0) is 6.42 Å². The molecule has 0 rings (SSSR count). The number of amides is 1. The number of carbonyl (C=O) groups excluding carboxylic acids is 1. The number of rotatable bonds is 6. The third kappa shape index (κ3) is 5.05. The molecule has 14 heavy (non-hydrogen) atoms. The summed E-state index contributed by atoms with van der Waals surface area (Å²) in [4.78, 5) is 24.0. The number of Topliss-reactive ketones (excluding diaryl/α,β-unsaturated/α-hetero) is 1. The Bertz CT molecular complexity index is 259. The molecule has 0 aromatic carbocycles. The average molecular weight is 199 g/mol. The number of ketones is 1. The molecule has 0 fully saturated rings. The second-order valence-corrected chi connectivity index (χ2v) is 2.79. The Kier molecular flexibility index (Phi) is 5.98. The lowest BCUT2D eigenvalue weighted by atomic mass is 10.1. The number of nitrogens with zero attached hydrogens (tertiary/aromatic N) is 2. The van der Waals surface area contributed by atoms with Gasteiger partial charge in [0.25, 0.3) is 5.78 Å². The summed E-state index contributed by atoms with van der Waals surface area (Å²) in [6.07, 6.45) is 1.45. The van der Waals surface area contributed by atoms with E-state index in [1.54, 1.807) is 0 Å². The van der Waals surface area contributed by atoms with Gasteiger partial charge >= 0.3 is 12.3 Å². The Morgan fingerprint density at radius 3 is 2.71 bits per heavy atom. The van der Waals surface area contributed by atoms with Gasteiger partial charge in [0.15, 0.2) is 0 Å². The van der Waals surface area contributed by atoms with Gasteiger partial charge in [0.2, 0.25) is 0 Å². The molecule has 1 unspecified atom stereocenters. The smallest absolute Gasteiger partial charge is 0.405 e. The van der Waals surface area contributed by atoms with Gasteiger partial charge in [-0.1, -0.05) is 19.8 Å². The second-order valence-electron chi connectivity index (χ2n) is 2.79. The van der Waals surface area contributed by atoms with Crippen LogP contribution in [0, 0.1) is 0 Å². The lowest BCUT2D eigenvalue weighted by Gasteiger charge is -2.10. The first-order chi connectivity index (χ1) is 6.61. The molecule has 6 nitrogen and oxygen atoms in total. The van der Waals surface area contributed by atoms with E-state index in [9.17, 15) is 9.59 Å². The average Bonchev–Trinajstić information content (AvgIpc) is 2.12. The quantitative estimate of drug-likeness (QED) is 0.373. The summed E-state index contributed by atoms with van der Waals surface area (Å²) in [7, 11) is 0. The number of hydrogen-bond acceptors (Lipinski definition) is 2.